The summed E-state index contributed by atoms with van der Waals surface area (Å²) < 4.78 is 4.30. The monoisotopic (exact) mass is 410 g/mol. The zero-order chi connectivity index (χ0) is 20.0. The summed E-state index contributed by atoms with van der Waals surface area (Å²) in [6.45, 7) is 10.3. The van der Waals surface area contributed by atoms with Crippen LogP contribution >= 0.6 is 11.5 Å². The van der Waals surface area contributed by atoms with Gasteiger partial charge < -0.3 is 10.2 Å². The predicted octanol–water partition coefficient (Wildman–Crippen LogP) is 2.16. The first kappa shape index (κ1) is 18.7. The van der Waals surface area contributed by atoms with Gasteiger partial charge >= 0.3 is 0 Å². The first-order chi connectivity index (χ1) is 14.1. The van der Waals surface area contributed by atoms with Gasteiger partial charge in [0.15, 0.2) is 0 Å². The number of anilines is 3. The van der Waals surface area contributed by atoms with Gasteiger partial charge in [-0.1, -0.05) is 0 Å². The van der Waals surface area contributed by atoms with Crippen molar-refractivity contribution in [2.75, 3.05) is 49.5 Å². The van der Waals surface area contributed by atoms with Crippen molar-refractivity contribution in [2.24, 2.45) is 0 Å². The highest BCUT2D eigenvalue weighted by molar-refractivity contribution is 7.10. The van der Waals surface area contributed by atoms with E-state index in [1.54, 1.807) is 0 Å². The molecular formula is C20H26N8S. The van der Waals surface area contributed by atoms with Crippen LogP contribution in [0.1, 0.15) is 24.1 Å². The summed E-state index contributed by atoms with van der Waals surface area (Å²) in [6.07, 6.45) is 3.74. The van der Waals surface area contributed by atoms with E-state index in [1.807, 2.05) is 26.1 Å². The smallest absolute Gasteiger partial charge is 0.229 e. The second-order valence-corrected chi connectivity index (χ2v) is 9.30. The van der Waals surface area contributed by atoms with Crippen LogP contribution in [0.25, 0.3) is 0 Å². The minimum atomic E-state index is -0.0454. The van der Waals surface area contributed by atoms with E-state index in [0.29, 0.717) is 18.4 Å². The molecule has 3 fully saturated rings. The minimum Gasteiger partial charge on any atom is -0.352 e. The second kappa shape index (κ2) is 7.20. The van der Waals surface area contributed by atoms with Gasteiger partial charge in [-0.3, -0.25) is 9.80 Å². The summed E-state index contributed by atoms with van der Waals surface area (Å²) in [5.41, 5.74) is 2.00. The summed E-state index contributed by atoms with van der Waals surface area (Å²) >= 11 is 1.41. The molecule has 0 spiro atoms. The fourth-order valence-corrected chi connectivity index (χ4v) is 5.41. The summed E-state index contributed by atoms with van der Waals surface area (Å²) in [6, 6.07) is 5.14. The normalized spacial score (nSPS) is 23.6. The Morgan fingerprint density at radius 1 is 1.31 bits per heavy atom. The van der Waals surface area contributed by atoms with Crippen LogP contribution in [0.2, 0.25) is 0 Å². The van der Waals surface area contributed by atoms with Gasteiger partial charge in [0, 0.05) is 57.1 Å². The average molecular weight is 411 g/mol. The Morgan fingerprint density at radius 2 is 2.17 bits per heavy atom. The number of rotatable bonds is 5. The van der Waals surface area contributed by atoms with Crippen molar-refractivity contribution in [3.8, 4) is 6.07 Å². The fraction of sp³-hybridized carbons (Fsp3) is 0.600. The standard InChI is InChI=1S/C20H26N8S/c1-14-10-22-19(23-17-9-15(2)25-29-17)24-18(14)27-12-20(13-27,4-5-21)28-8-7-26-6-3-16(26)11-28/h9-10,16H,3-4,6-8,11-13H2,1-2H3,(H,22,23,24). The van der Waals surface area contributed by atoms with Gasteiger partial charge in [0.1, 0.15) is 10.8 Å². The van der Waals surface area contributed by atoms with Gasteiger partial charge in [-0.25, -0.2) is 4.98 Å². The largest absolute Gasteiger partial charge is 0.352 e. The van der Waals surface area contributed by atoms with Gasteiger partial charge in [0.25, 0.3) is 0 Å². The van der Waals surface area contributed by atoms with Gasteiger partial charge in [0.05, 0.1) is 23.7 Å². The molecule has 2 aromatic rings. The van der Waals surface area contributed by atoms with Crippen molar-refractivity contribution in [3.63, 3.8) is 0 Å². The van der Waals surface area contributed by atoms with Crippen LogP contribution in [0.3, 0.4) is 0 Å². The first-order valence-electron chi connectivity index (χ1n) is 10.2. The van der Waals surface area contributed by atoms with E-state index < -0.39 is 0 Å². The van der Waals surface area contributed by atoms with Crippen molar-refractivity contribution in [1.29, 1.82) is 5.26 Å². The Morgan fingerprint density at radius 3 is 2.83 bits per heavy atom. The van der Waals surface area contributed by atoms with Crippen molar-refractivity contribution in [3.05, 3.63) is 23.5 Å². The number of nitrogens with one attached hydrogen (secondary N) is 1. The number of piperazine rings is 1. The summed E-state index contributed by atoms with van der Waals surface area (Å²) in [4.78, 5) is 16.7. The third-order valence-corrected chi connectivity index (χ3v) is 7.31. The Hall–Kier alpha value is -2.28. The molecule has 0 amide bonds. The highest BCUT2D eigenvalue weighted by Crippen LogP contribution is 2.38. The van der Waals surface area contributed by atoms with Crippen molar-refractivity contribution in [1.82, 2.24) is 24.1 Å². The fourth-order valence-electron chi connectivity index (χ4n) is 4.75. The summed E-state index contributed by atoms with van der Waals surface area (Å²) in [5.74, 6) is 1.55. The van der Waals surface area contributed by atoms with Crippen LogP contribution in [-0.2, 0) is 0 Å². The van der Waals surface area contributed by atoms with Crippen molar-refractivity contribution >= 4 is 28.3 Å². The van der Waals surface area contributed by atoms with Crippen molar-refractivity contribution < 1.29 is 0 Å². The van der Waals surface area contributed by atoms with Crippen LogP contribution in [0, 0.1) is 25.2 Å². The maximum atomic E-state index is 9.51. The van der Waals surface area contributed by atoms with E-state index in [2.05, 4.69) is 35.4 Å². The minimum absolute atomic E-state index is 0.0454. The van der Waals surface area contributed by atoms with Gasteiger partial charge in [0.2, 0.25) is 5.95 Å². The van der Waals surface area contributed by atoms with E-state index in [-0.39, 0.29) is 5.54 Å². The summed E-state index contributed by atoms with van der Waals surface area (Å²) in [7, 11) is 0. The highest BCUT2D eigenvalue weighted by Gasteiger charge is 2.51. The molecule has 1 atom stereocenters. The number of nitrogens with zero attached hydrogens (tertiary/aromatic N) is 7. The van der Waals surface area contributed by atoms with Crippen LogP contribution in [0.4, 0.5) is 16.8 Å². The Bertz CT molecular complexity index is 944. The predicted molar refractivity (Wildman–Crippen MR) is 114 cm³/mol. The first-order valence-corrected chi connectivity index (χ1v) is 11.0. The van der Waals surface area contributed by atoms with Crippen LogP contribution in [0.5, 0.6) is 0 Å². The average Bonchev–Trinajstić information content (AvgIpc) is 3.06. The van der Waals surface area contributed by atoms with Crippen LogP contribution in [0.15, 0.2) is 12.3 Å². The lowest BCUT2D eigenvalue weighted by Crippen LogP contribution is -2.75. The molecule has 0 aromatic carbocycles. The molecule has 9 heteroatoms. The number of aryl methyl sites for hydroxylation is 2. The molecule has 2 aromatic heterocycles. The molecule has 0 bridgehead atoms. The topological polar surface area (TPSA) is 84.2 Å². The lowest BCUT2D eigenvalue weighted by Gasteiger charge is -2.60. The molecule has 3 saturated heterocycles. The van der Waals surface area contributed by atoms with Crippen LogP contribution in [-0.4, -0.2) is 75.0 Å². The molecule has 8 nitrogen and oxygen atoms in total. The Labute approximate surface area is 175 Å². The maximum absolute atomic E-state index is 9.51. The van der Waals surface area contributed by atoms with Gasteiger partial charge in [-0.05, 0) is 37.9 Å². The third kappa shape index (κ3) is 3.35. The Kier molecular flexibility index (Phi) is 4.65. The van der Waals surface area contributed by atoms with E-state index in [1.165, 1.54) is 24.5 Å². The maximum Gasteiger partial charge on any atom is 0.229 e. The van der Waals surface area contributed by atoms with Crippen LogP contribution < -0.4 is 10.2 Å². The number of hydrogen-bond donors (Lipinski definition) is 1. The molecule has 0 saturated carbocycles. The number of nitriles is 1. The zero-order valence-electron chi connectivity index (χ0n) is 16.9. The molecule has 5 rings (SSSR count). The number of hydrogen-bond acceptors (Lipinski definition) is 9. The summed E-state index contributed by atoms with van der Waals surface area (Å²) in [5, 5.41) is 13.7. The molecule has 29 heavy (non-hydrogen) atoms. The van der Waals surface area contributed by atoms with Crippen molar-refractivity contribution in [2.45, 2.75) is 38.3 Å². The molecule has 3 aliphatic heterocycles. The lowest BCUT2D eigenvalue weighted by atomic mass is 9.82. The number of fused-ring (bicyclic) bond motifs is 1. The quantitative estimate of drug-likeness (QED) is 0.803. The third-order valence-electron chi connectivity index (χ3n) is 6.51. The van der Waals surface area contributed by atoms with E-state index >= 15 is 0 Å². The lowest BCUT2D eigenvalue weighted by molar-refractivity contribution is -0.0511. The molecule has 5 heterocycles. The Balaban J connectivity index is 1.31. The molecular weight excluding hydrogens is 384 g/mol. The van der Waals surface area contributed by atoms with E-state index in [4.69, 9.17) is 4.98 Å². The van der Waals surface area contributed by atoms with E-state index in [0.717, 1.165) is 54.8 Å². The molecule has 1 unspecified atom stereocenters. The molecule has 0 radical (unpaired) electrons. The molecule has 3 aliphatic rings. The number of aromatic nitrogens is 3. The molecule has 0 aliphatic carbocycles. The zero-order valence-corrected chi connectivity index (χ0v) is 17.7. The SMILES string of the molecule is Cc1cc(Nc2ncc(C)c(N3CC(CC#N)(N4CCN5CCC5C4)C3)n2)sn1. The second-order valence-electron chi connectivity index (χ2n) is 8.50. The molecule has 1 N–H and O–H groups in total. The molecule has 152 valence electrons. The van der Waals surface area contributed by atoms with Gasteiger partial charge in [-0.2, -0.15) is 14.6 Å². The van der Waals surface area contributed by atoms with E-state index in [9.17, 15) is 5.26 Å². The van der Waals surface area contributed by atoms with Gasteiger partial charge in [-0.15, -0.1) is 0 Å². The highest BCUT2D eigenvalue weighted by atomic mass is 32.1.